The Bertz CT molecular complexity index is 1490. The summed E-state index contributed by atoms with van der Waals surface area (Å²) in [7, 11) is -3.84. The summed E-state index contributed by atoms with van der Waals surface area (Å²) in [6.07, 6.45) is 1.74. The first-order valence-electron chi connectivity index (χ1n) is 11.2. The standard InChI is InChI=1S/C27H28N4O3S/c1-18-8-7-10-23(14-18)30-35(33,34)26-16-22(12-11-19(26)2)29-27(32)25-15-20(3)31(21(25)4)17-24-9-5-6-13-28-24/h5-16,30H,17H2,1-4H3,(H,29,32). The zero-order chi connectivity index (χ0) is 25.2. The Labute approximate surface area is 205 Å². The van der Waals surface area contributed by atoms with Gasteiger partial charge in [0.25, 0.3) is 15.9 Å². The lowest BCUT2D eigenvalue weighted by molar-refractivity contribution is 0.102. The topological polar surface area (TPSA) is 93.1 Å². The van der Waals surface area contributed by atoms with Crippen LogP contribution in [-0.4, -0.2) is 23.9 Å². The molecule has 2 heterocycles. The van der Waals surface area contributed by atoms with Gasteiger partial charge in [-0.3, -0.25) is 14.5 Å². The van der Waals surface area contributed by atoms with E-state index in [1.54, 1.807) is 43.5 Å². The van der Waals surface area contributed by atoms with Gasteiger partial charge < -0.3 is 9.88 Å². The fraction of sp³-hybridized carbons (Fsp3) is 0.185. The molecule has 0 saturated carbocycles. The fourth-order valence-corrected chi connectivity index (χ4v) is 5.33. The van der Waals surface area contributed by atoms with Crippen LogP contribution >= 0.6 is 0 Å². The second-order valence-electron chi connectivity index (χ2n) is 8.60. The minimum Gasteiger partial charge on any atom is -0.342 e. The number of sulfonamides is 1. The maximum Gasteiger partial charge on any atom is 0.262 e. The Kier molecular flexibility index (Phi) is 6.75. The van der Waals surface area contributed by atoms with Crippen molar-refractivity contribution in [3.63, 3.8) is 0 Å². The van der Waals surface area contributed by atoms with Crippen LogP contribution in [0.3, 0.4) is 0 Å². The van der Waals surface area contributed by atoms with Crippen molar-refractivity contribution in [3.8, 4) is 0 Å². The van der Waals surface area contributed by atoms with Crippen molar-refractivity contribution in [1.82, 2.24) is 9.55 Å². The largest absolute Gasteiger partial charge is 0.342 e. The molecule has 0 spiro atoms. The second-order valence-corrected chi connectivity index (χ2v) is 10.3. The lowest BCUT2D eigenvalue weighted by Gasteiger charge is -2.13. The summed E-state index contributed by atoms with van der Waals surface area (Å²) in [6.45, 7) is 8.01. The summed E-state index contributed by atoms with van der Waals surface area (Å²) >= 11 is 0. The molecule has 180 valence electrons. The van der Waals surface area contributed by atoms with Crippen molar-refractivity contribution in [2.45, 2.75) is 39.1 Å². The molecule has 0 atom stereocenters. The van der Waals surface area contributed by atoms with Crippen LogP contribution in [0.1, 0.15) is 38.6 Å². The molecular formula is C27H28N4O3S. The molecule has 0 saturated heterocycles. The number of anilines is 2. The Morgan fingerprint density at radius 3 is 2.43 bits per heavy atom. The summed E-state index contributed by atoms with van der Waals surface area (Å²) < 4.78 is 30.8. The Morgan fingerprint density at radius 2 is 1.71 bits per heavy atom. The minimum absolute atomic E-state index is 0.109. The lowest BCUT2D eigenvalue weighted by Crippen LogP contribution is -2.17. The van der Waals surface area contributed by atoms with E-state index in [0.29, 0.717) is 29.0 Å². The van der Waals surface area contributed by atoms with Crippen molar-refractivity contribution in [2.75, 3.05) is 10.0 Å². The van der Waals surface area contributed by atoms with Crippen LogP contribution in [0.4, 0.5) is 11.4 Å². The molecule has 0 bridgehead atoms. The average molecular weight is 489 g/mol. The van der Waals surface area contributed by atoms with E-state index < -0.39 is 10.0 Å². The van der Waals surface area contributed by atoms with Gasteiger partial charge in [0.15, 0.2) is 0 Å². The van der Waals surface area contributed by atoms with E-state index in [4.69, 9.17) is 0 Å². The number of hydrogen-bond donors (Lipinski definition) is 2. The summed E-state index contributed by atoms with van der Waals surface area (Å²) in [5.74, 6) is -0.302. The van der Waals surface area contributed by atoms with Crippen molar-refractivity contribution in [3.05, 3.63) is 107 Å². The van der Waals surface area contributed by atoms with Crippen LogP contribution in [0, 0.1) is 27.7 Å². The first-order chi connectivity index (χ1) is 16.6. The summed E-state index contributed by atoms with van der Waals surface area (Å²) in [6, 6.07) is 19.6. The predicted molar refractivity (Wildman–Crippen MR) is 138 cm³/mol. The number of carbonyl (C=O) groups is 1. The third-order valence-electron chi connectivity index (χ3n) is 5.87. The minimum atomic E-state index is -3.84. The van der Waals surface area contributed by atoms with Crippen LogP contribution in [-0.2, 0) is 16.6 Å². The quantitative estimate of drug-likeness (QED) is 0.373. The monoisotopic (exact) mass is 488 g/mol. The van der Waals surface area contributed by atoms with Gasteiger partial charge in [-0.2, -0.15) is 0 Å². The molecule has 4 rings (SSSR count). The number of nitrogens with zero attached hydrogens (tertiary/aromatic N) is 2. The maximum atomic E-state index is 13.1. The predicted octanol–water partition coefficient (Wildman–Crippen LogP) is 5.22. The van der Waals surface area contributed by atoms with E-state index in [1.807, 2.05) is 55.7 Å². The van der Waals surface area contributed by atoms with Crippen LogP contribution < -0.4 is 10.0 Å². The van der Waals surface area contributed by atoms with Crippen molar-refractivity contribution in [2.24, 2.45) is 0 Å². The molecule has 0 aliphatic heterocycles. The molecular weight excluding hydrogens is 460 g/mol. The summed E-state index contributed by atoms with van der Waals surface area (Å²) in [5, 5.41) is 2.86. The van der Waals surface area contributed by atoms with E-state index in [9.17, 15) is 13.2 Å². The molecule has 1 amide bonds. The molecule has 8 heteroatoms. The van der Waals surface area contributed by atoms with Crippen LogP contribution in [0.5, 0.6) is 0 Å². The van der Waals surface area contributed by atoms with Crippen LogP contribution in [0.25, 0.3) is 0 Å². The highest BCUT2D eigenvalue weighted by Gasteiger charge is 2.20. The molecule has 0 radical (unpaired) electrons. The SMILES string of the molecule is Cc1cccc(NS(=O)(=O)c2cc(NC(=O)c3cc(C)n(Cc4ccccn4)c3C)ccc2C)c1. The number of carbonyl (C=O) groups excluding carboxylic acids is 1. The van der Waals surface area contributed by atoms with Gasteiger partial charge in [0.05, 0.1) is 22.7 Å². The molecule has 4 aromatic rings. The van der Waals surface area contributed by atoms with Gasteiger partial charge >= 0.3 is 0 Å². The van der Waals surface area contributed by atoms with Gasteiger partial charge in [-0.15, -0.1) is 0 Å². The summed E-state index contributed by atoms with van der Waals surface area (Å²) in [5.41, 5.74) is 5.59. The number of rotatable bonds is 7. The van der Waals surface area contributed by atoms with E-state index in [2.05, 4.69) is 15.0 Å². The number of pyridine rings is 1. The van der Waals surface area contributed by atoms with Crippen LogP contribution in [0.15, 0.2) is 77.8 Å². The second kappa shape index (κ2) is 9.76. The number of aromatic nitrogens is 2. The molecule has 2 aromatic carbocycles. The number of amides is 1. The van der Waals surface area contributed by atoms with Gasteiger partial charge in [0.1, 0.15) is 0 Å². The summed E-state index contributed by atoms with van der Waals surface area (Å²) in [4.78, 5) is 17.6. The van der Waals surface area contributed by atoms with Crippen molar-refractivity contribution in [1.29, 1.82) is 0 Å². The fourth-order valence-electron chi connectivity index (χ4n) is 4.01. The molecule has 0 unspecified atom stereocenters. The molecule has 7 nitrogen and oxygen atoms in total. The first kappa shape index (κ1) is 24.2. The number of benzene rings is 2. The Hall–Kier alpha value is -3.91. The number of aryl methyl sites for hydroxylation is 3. The smallest absolute Gasteiger partial charge is 0.262 e. The van der Waals surface area contributed by atoms with E-state index >= 15 is 0 Å². The van der Waals surface area contributed by atoms with Gasteiger partial charge in [0, 0.05) is 29.0 Å². The normalized spacial score (nSPS) is 11.3. The zero-order valence-electron chi connectivity index (χ0n) is 20.2. The highest BCUT2D eigenvalue weighted by molar-refractivity contribution is 7.92. The molecule has 2 aromatic heterocycles. The molecule has 0 fully saturated rings. The molecule has 0 aliphatic rings. The Morgan fingerprint density at radius 1 is 0.914 bits per heavy atom. The van der Waals surface area contributed by atoms with Gasteiger partial charge in [-0.05, 0) is 81.3 Å². The lowest BCUT2D eigenvalue weighted by atomic mass is 10.2. The van der Waals surface area contributed by atoms with Gasteiger partial charge in [0.2, 0.25) is 0 Å². The highest BCUT2D eigenvalue weighted by atomic mass is 32.2. The van der Waals surface area contributed by atoms with E-state index in [1.165, 1.54) is 6.07 Å². The zero-order valence-corrected chi connectivity index (χ0v) is 21.0. The van der Waals surface area contributed by atoms with Crippen molar-refractivity contribution < 1.29 is 13.2 Å². The molecule has 2 N–H and O–H groups in total. The maximum absolute atomic E-state index is 13.1. The third kappa shape index (κ3) is 5.44. The van der Waals surface area contributed by atoms with E-state index in [-0.39, 0.29) is 10.8 Å². The van der Waals surface area contributed by atoms with Gasteiger partial charge in [-0.25, -0.2) is 8.42 Å². The van der Waals surface area contributed by atoms with Crippen LogP contribution in [0.2, 0.25) is 0 Å². The number of hydrogen-bond acceptors (Lipinski definition) is 4. The van der Waals surface area contributed by atoms with E-state index in [0.717, 1.165) is 22.6 Å². The third-order valence-corrected chi connectivity index (χ3v) is 7.39. The van der Waals surface area contributed by atoms with Gasteiger partial charge in [-0.1, -0.05) is 24.3 Å². The van der Waals surface area contributed by atoms with Crippen molar-refractivity contribution >= 4 is 27.3 Å². The molecule has 35 heavy (non-hydrogen) atoms. The first-order valence-corrected chi connectivity index (χ1v) is 12.7. The Balaban J connectivity index is 1.57. The highest BCUT2D eigenvalue weighted by Crippen LogP contribution is 2.25. The number of nitrogens with one attached hydrogen (secondary N) is 2. The molecule has 0 aliphatic carbocycles. The average Bonchev–Trinajstić information content (AvgIpc) is 3.09.